The van der Waals surface area contributed by atoms with Crippen LogP contribution < -0.4 is 4.74 Å². The van der Waals surface area contributed by atoms with E-state index in [4.69, 9.17) is 17.0 Å². The van der Waals surface area contributed by atoms with Gasteiger partial charge in [-0.2, -0.15) is 0 Å². The predicted octanol–water partition coefficient (Wildman–Crippen LogP) is 3.54. The van der Waals surface area contributed by atoms with Crippen molar-refractivity contribution in [3.05, 3.63) is 46.6 Å². The summed E-state index contributed by atoms with van der Waals surface area (Å²) in [4.78, 5) is 7.57. The smallest absolute Gasteiger partial charge is 0.184 e. The maximum absolute atomic E-state index is 13.3. The van der Waals surface area contributed by atoms with E-state index in [1.807, 2.05) is 19.1 Å². The fourth-order valence-electron chi connectivity index (χ4n) is 2.14. The van der Waals surface area contributed by atoms with Gasteiger partial charge in [0.1, 0.15) is 11.6 Å². The number of fused-ring (bicyclic) bond motifs is 1. The summed E-state index contributed by atoms with van der Waals surface area (Å²) >= 11 is 5.34. The first-order valence-corrected chi connectivity index (χ1v) is 6.43. The number of hydrogen-bond acceptors (Lipinski definition) is 3. The van der Waals surface area contributed by atoms with Crippen LogP contribution >= 0.6 is 12.2 Å². The van der Waals surface area contributed by atoms with Crippen molar-refractivity contribution in [3.63, 3.8) is 0 Å². The largest absolute Gasteiger partial charge is 0.494 e. The number of rotatable bonds is 2. The number of benzene rings is 1. The predicted molar refractivity (Wildman–Crippen MR) is 77.5 cm³/mol. The Kier molecular flexibility index (Phi) is 3.02. The van der Waals surface area contributed by atoms with Crippen molar-refractivity contribution < 1.29 is 9.13 Å². The third-order valence-corrected chi connectivity index (χ3v) is 3.34. The minimum absolute atomic E-state index is 0.360. The number of ether oxygens (including phenoxy) is 1. The van der Waals surface area contributed by atoms with Crippen LogP contribution in [0.5, 0.6) is 5.75 Å². The Labute approximate surface area is 119 Å². The average molecular weight is 289 g/mol. The number of imidazole rings is 1. The number of aromatic amines is 1. The van der Waals surface area contributed by atoms with Gasteiger partial charge >= 0.3 is 0 Å². The van der Waals surface area contributed by atoms with Gasteiger partial charge in [-0.05, 0) is 43.4 Å². The van der Waals surface area contributed by atoms with E-state index in [2.05, 4.69) is 9.97 Å². The first-order valence-electron chi connectivity index (χ1n) is 6.02. The molecule has 0 saturated carbocycles. The first-order chi connectivity index (χ1) is 9.60. The average Bonchev–Trinajstić information content (AvgIpc) is 2.74. The molecular formula is C14H12FN3OS. The van der Waals surface area contributed by atoms with Gasteiger partial charge in [0, 0.05) is 11.8 Å². The molecule has 0 aliphatic rings. The van der Waals surface area contributed by atoms with Gasteiger partial charge in [-0.25, -0.2) is 9.37 Å². The molecule has 4 nitrogen and oxygen atoms in total. The molecule has 0 fully saturated rings. The molecular weight excluding hydrogens is 277 g/mol. The lowest BCUT2D eigenvalue weighted by molar-refractivity contribution is 0.409. The van der Waals surface area contributed by atoms with Crippen LogP contribution in [0.4, 0.5) is 4.39 Å². The summed E-state index contributed by atoms with van der Waals surface area (Å²) in [6.45, 7) is 1.90. The van der Waals surface area contributed by atoms with Crippen LogP contribution in [-0.2, 0) is 0 Å². The van der Waals surface area contributed by atoms with E-state index in [0.717, 1.165) is 11.2 Å². The molecule has 0 bridgehead atoms. The zero-order valence-corrected chi connectivity index (χ0v) is 11.8. The van der Waals surface area contributed by atoms with Gasteiger partial charge in [0.05, 0.1) is 18.3 Å². The van der Waals surface area contributed by atoms with Crippen molar-refractivity contribution >= 4 is 23.4 Å². The molecule has 3 aromatic rings. The maximum Gasteiger partial charge on any atom is 0.184 e. The minimum Gasteiger partial charge on any atom is -0.494 e. The molecule has 0 saturated heterocycles. The van der Waals surface area contributed by atoms with E-state index >= 15 is 0 Å². The standard InChI is InChI=1S/C14H12FN3OS/c1-8-3-5-10-13(16-8)18(14(20)17-10)11-6-4-9(15)7-12(11)19-2/h3-7H,1-2H3,(H,17,20). The van der Waals surface area contributed by atoms with E-state index in [0.29, 0.717) is 21.9 Å². The van der Waals surface area contributed by atoms with Crippen LogP contribution in [0.3, 0.4) is 0 Å². The van der Waals surface area contributed by atoms with Crippen molar-refractivity contribution in [1.82, 2.24) is 14.5 Å². The molecule has 0 aliphatic carbocycles. The number of aryl methyl sites for hydroxylation is 1. The van der Waals surface area contributed by atoms with Crippen LogP contribution in [-0.4, -0.2) is 21.6 Å². The normalized spacial score (nSPS) is 10.9. The topological polar surface area (TPSA) is 42.8 Å². The van der Waals surface area contributed by atoms with E-state index in [9.17, 15) is 4.39 Å². The van der Waals surface area contributed by atoms with E-state index < -0.39 is 0 Å². The van der Waals surface area contributed by atoms with Crippen LogP contribution in [0.25, 0.3) is 16.9 Å². The van der Waals surface area contributed by atoms with Crippen molar-refractivity contribution in [3.8, 4) is 11.4 Å². The number of methoxy groups -OCH3 is 1. The van der Waals surface area contributed by atoms with Gasteiger partial charge in [0.2, 0.25) is 0 Å². The van der Waals surface area contributed by atoms with Crippen LogP contribution in [0, 0.1) is 17.5 Å². The molecule has 2 heterocycles. The molecule has 0 amide bonds. The number of nitrogens with zero attached hydrogens (tertiary/aromatic N) is 2. The minimum atomic E-state index is -0.360. The molecule has 102 valence electrons. The molecule has 0 radical (unpaired) electrons. The number of halogens is 1. The SMILES string of the molecule is COc1cc(F)ccc1-n1c(=S)[nH]c2ccc(C)nc21. The van der Waals surface area contributed by atoms with Gasteiger partial charge in [-0.15, -0.1) is 0 Å². The van der Waals surface area contributed by atoms with Crippen LogP contribution in [0.1, 0.15) is 5.69 Å². The highest BCUT2D eigenvalue weighted by atomic mass is 32.1. The molecule has 2 aromatic heterocycles. The summed E-state index contributed by atoms with van der Waals surface area (Å²) in [5.41, 5.74) is 3.05. The highest BCUT2D eigenvalue weighted by molar-refractivity contribution is 7.71. The molecule has 0 aliphatic heterocycles. The Hall–Kier alpha value is -2.21. The summed E-state index contributed by atoms with van der Waals surface area (Å²) < 4.78 is 20.8. The lowest BCUT2D eigenvalue weighted by Gasteiger charge is -2.10. The number of pyridine rings is 1. The molecule has 0 spiro atoms. The third kappa shape index (κ3) is 1.98. The molecule has 0 unspecified atom stereocenters. The zero-order valence-electron chi connectivity index (χ0n) is 11.0. The zero-order chi connectivity index (χ0) is 14.3. The first kappa shape index (κ1) is 12.8. The molecule has 3 rings (SSSR count). The number of nitrogens with one attached hydrogen (secondary N) is 1. The Morgan fingerprint density at radius 2 is 2.10 bits per heavy atom. The highest BCUT2D eigenvalue weighted by Crippen LogP contribution is 2.27. The third-order valence-electron chi connectivity index (χ3n) is 3.05. The van der Waals surface area contributed by atoms with Gasteiger partial charge in [0.25, 0.3) is 0 Å². The Bertz CT molecular complexity index is 853. The van der Waals surface area contributed by atoms with Crippen molar-refractivity contribution in [1.29, 1.82) is 0 Å². The highest BCUT2D eigenvalue weighted by Gasteiger charge is 2.13. The maximum atomic E-state index is 13.3. The van der Waals surface area contributed by atoms with Gasteiger partial charge < -0.3 is 9.72 Å². The fraction of sp³-hybridized carbons (Fsp3) is 0.143. The van der Waals surface area contributed by atoms with Crippen molar-refractivity contribution in [2.75, 3.05) is 7.11 Å². The Morgan fingerprint density at radius 3 is 2.85 bits per heavy atom. The quantitative estimate of drug-likeness (QED) is 0.734. The summed E-state index contributed by atoms with van der Waals surface area (Å²) in [7, 11) is 1.50. The summed E-state index contributed by atoms with van der Waals surface area (Å²) in [5.74, 6) is 0.0476. The lowest BCUT2D eigenvalue weighted by atomic mass is 10.2. The van der Waals surface area contributed by atoms with Crippen molar-refractivity contribution in [2.45, 2.75) is 6.92 Å². The Morgan fingerprint density at radius 1 is 1.30 bits per heavy atom. The van der Waals surface area contributed by atoms with Gasteiger partial charge in [-0.3, -0.25) is 4.57 Å². The molecule has 6 heteroatoms. The summed E-state index contributed by atoms with van der Waals surface area (Å²) in [6, 6.07) is 8.14. The second-order valence-electron chi connectivity index (χ2n) is 4.41. The molecule has 20 heavy (non-hydrogen) atoms. The molecule has 0 atom stereocenters. The molecule has 1 N–H and O–H groups in total. The lowest BCUT2D eigenvalue weighted by Crippen LogP contribution is -2.00. The number of hydrogen-bond donors (Lipinski definition) is 1. The molecule has 1 aromatic carbocycles. The second-order valence-corrected chi connectivity index (χ2v) is 4.79. The number of aromatic nitrogens is 3. The fourth-order valence-corrected chi connectivity index (χ4v) is 2.43. The Balaban J connectivity index is 2.37. The van der Waals surface area contributed by atoms with Gasteiger partial charge in [-0.1, -0.05) is 0 Å². The second kappa shape index (κ2) is 4.72. The monoisotopic (exact) mass is 289 g/mol. The van der Waals surface area contributed by atoms with Crippen molar-refractivity contribution in [2.24, 2.45) is 0 Å². The summed E-state index contributed by atoms with van der Waals surface area (Å²) in [5, 5.41) is 0. The van der Waals surface area contributed by atoms with Crippen LogP contribution in [0.2, 0.25) is 0 Å². The van der Waals surface area contributed by atoms with Crippen LogP contribution in [0.15, 0.2) is 30.3 Å². The van der Waals surface area contributed by atoms with E-state index in [1.54, 1.807) is 10.6 Å². The van der Waals surface area contributed by atoms with E-state index in [1.165, 1.54) is 19.2 Å². The van der Waals surface area contributed by atoms with Gasteiger partial charge in [0.15, 0.2) is 10.4 Å². The number of H-pyrrole nitrogens is 1. The summed E-state index contributed by atoms with van der Waals surface area (Å²) in [6.07, 6.45) is 0. The van der Waals surface area contributed by atoms with E-state index in [-0.39, 0.29) is 5.82 Å².